The second kappa shape index (κ2) is 17.7. The van der Waals surface area contributed by atoms with Crippen LogP contribution < -0.4 is 0 Å². The Morgan fingerprint density at radius 1 is 0.906 bits per heavy atom. The average molecular weight is 764 g/mol. The van der Waals surface area contributed by atoms with E-state index in [1.165, 1.54) is 32.8 Å². The topological polar surface area (TPSA) is 214 Å². The van der Waals surface area contributed by atoms with Gasteiger partial charge in [0.15, 0.2) is 12.6 Å². The SMILES string of the molecule is CC[C@H]1OC(=O)[C@H](C)[C@@H](O[C@H]2C[C@@](C)(OC)[C@@H](O)[C@H](C)O2)[C@H](C)[C@@H](O[C@H]2O[C@@H](C)C[C@@H](N(C)C(C)=O)[C@@H]2O)[C@](C)(O)C[C@@H](C)[C@H](O)[C@H](C)[C@@H](O)[C@]1(C)O. The number of carbonyl (C=O) groups excluding carboxylic acids is 2. The van der Waals surface area contributed by atoms with Gasteiger partial charge in [-0.25, -0.2) is 0 Å². The van der Waals surface area contributed by atoms with Crippen LogP contribution in [0.25, 0.3) is 0 Å². The standard InChI is InChI=1S/C38H69NO14/c1-14-26-38(11,47)31(43)20(4)28(41)18(2)16-36(9,46)33(53-35-29(42)25(15-19(3)49-35)39(12)24(8)40)21(5)30(22(6)34(45)51-26)52-27-17-37(10,48-13)32(44)23(7)50-27/h18-23,25-33,35,41-44,46-47H,14-17H2,1-13H3/t18-,19+,20+,21+,22-,23+,25-,26-,27+,28+,29+,30+,31-,32+,33-,35-,36-,37-,38-/m1/s1. The molecule has 0 radical (unpaired) electrons. The highest BCUT2D eigenvalue weighted by Gasteiger charge is 2.53. The largest absolute Gasteiger partial charge is 0.459 e. The van der Waals surface area contributed by atoms with Crippen molar-refractivity contribution in [3.8, 4) is 0 Å². The summed E-state index contributed by atoms with van der Waals surface area (Å²) in [4.78, 5) is 27.9. The van der Waals surface area contributed by atoms with Crippen LogP contribution in [0.2, 0.25) is 0 Å². The van der Waals surface area contributed by atoms with E-state index in [1.807, 2.05) is 0 Å². The fourth-order valence-corrected chi connectivity index (χ4v) is 8.69. The second-order valence-electron chi connectivity index (χ2n) is 16.9. The molecule has 0 spiro atoms. The lowest BCUT2D eigenvalue weighted by molar-refractivity contribution is -0.318. The van der Waals surface area contributed by atoms with E-state index in [1.54, 1.807) is 62.4 Å². The number of esters is 1. The number of cyclic esters (lactones) is 1. The van der Waals surface area contributed by atoms with Gasteiger partial charge in [0.25, 0.3) is 0 Å². The number of hydrogen-bond donors (Lipinski definition) is 6. The molecule has 0 aromatic rings. The molecule has 0 aromatic carbocycles. The van der Waals surface area contributed by atoms with Gasteiger partial charge in [-0.2, -0.15) is 0 Å². The number of hydrogen-bond acceptors (Lipinski definition) is 14. The fraction of sp³-hybridized carbons (Fsp3) is 0.947. The van der Waals surface area contributed by atoms with Crippen molar-refractivity contribution in [3.63, 3.8) is 0 Å². The van der Waals surface area contributed by atoms with E-state index in [0.29, 0.717) is 6.42 Å². The van der Waals surface area contributed by atoms with Gasteiger partial charge in [-0.3, -0.25) is 9.59 Å². The van der Waals surface area contributed by atoms with Crippen LogP contribution in [0.3, 0.4) is 0 Å². The molecule has 15 heteroatoms. The van der Waals surface area contributed by atoms with Gasteiger partial charge in [0.2, 0.25) is 5.91 Å². The van der Waals surface area contributed by atoms with Crippen LogP contribution in [-0.2, 0) is 38.0 Å². The molecule has 19 atom stereocenters. The Hall–Kier alpha value is -1.50. The number of methoxy groups -OCH3 is 1. The Balaban J connectivity index is 2.19. The summed E-state index contributed by atoms with van der Waals surface area (Å²) >= 11 is 0. The summed E-state index contributed by atoms with van der Waals surface area (Å²) in [5.74, 6) is -4.61. The lowest BCUT2D eigenvalue weighted by Gasteiger charge is -2.49. The summed E-state index contributed by atoms with van der Waals surface area (Å²) in [6, 6.07) is -0.668. The number of ether oxygens (including phenoxy) is 6. The van der Waals surface area contributed by atoms with E-state index < -0.39 is 120 Å². The third kappa shape index (κ3) is 9.91. The Bertz CT molecular complexity index is 1220. The molecule has 15 nitrogen and oxygen atoms in total. The minimum atomic E-state index is -1.96. The Morgan fingerprint density at radius 2 is 1.51 bits per heavy atom. The number of likely N-dealkylation sites (N-methyl/N-ethyl adjacent to an activating group) is 1. The minimum absolute atomic E-state index is 0.0720. The van der Waals surface area contributed by atoms with Gasteiger partial charge in [-0.1, -0.05) is 27.7 Å². The zero-order valence-corrected chi connectivity index (χ0v) is 34.0. The highest BCUT2D eigenvalue weighted by atomic mass is 16.7. The van der Waals surface area contributed by atoms with Crippen molar-refractivity contribution in [2.45, 2.75) is 192 Å². The highest BCUT2D eigenvalue weighted by Crippen LogP contribution is 2.41. The van der Waals surface area contributed by atoms with Gasteiger partial charge < -0.3 is 64.0 Å². The van der Waals surface area contributed by atoms with Gasteiger partial charge in [0.1, 0.15) is 23.9 Å². The molecule has 1 amide bonds. The number of nitrogens with zero attached hydrogens (tertiary/aromatic N) is 1. The quantitative estimate of drug-likeness (QED) is 0.203. The highest BCUT2D eigenvalue weighted by molar-refractivity contribution is 5.73. The maximum absolute atomic E-state index is 14.1. The predicted octanol–water partition coefficient (Wildman–Crippen LogP) is 1.49. The molecule has 0 aliphatic carbocycles. The van der Waals surface area contributed by atoms with Crippen molar-refractivity contribution >= 4 is 11.9 Å². The van der Waals surface area contributed by atoms with Crippen LogP contribution in [0, 0.1) is 23.7 Å². The summed E-state index contributed by atoms with van der Waals surface area (Å²) in [5.41, 5.74) is -4.84. The monoisotopic (exact) mass is 763 g/mol. The summed E-state index contributed by atoms with van der Waals surface area (Å²) < 4.78 is 37.1. The van der Waals surface area contributed by atoms with Gasteiger partial charge in [0, 0.05) is 39.3 Å². The molecule has 3 rings (SSSR count). The Morgan fingerprint density at radius 3 is 2.06 bits per heavy atom. The summed E-state index contributed by atoms with van der Waals surface area (Å²) in [6.45, 7) is 17.7. The lowest BCUT2D eigenvalue weighted by atomic mass is 9.73. The van der Waals surface area contributed by atoms with Crippen molar-refractivity contribution in [1.29, 1.82) is 0 Å². The van der Waals surface area contributed by atoms with Crippen LogP contribution >= 0.6 is 0 Å². The van der Waals surface area contributed by atoms with Crippen LogP contribution in [0.1, 0.15) is 102 Å². The third-order valence-corrected chi connectivity index (χ3v) is 12.4. The Labute approximate surface area is 315 Å². The van der Waals surface area contributed by atoms with Crippen LogP contribution in [-0.4, -0.2) is 152 Å². The predicted molar refractivity (Wildman–Crippen MR) is 192 cm³/mol. The molecule has 0 unspecified atom stereocenters. The number of rotatable bonds is 7. The first-order chi connectivity index (χ1) is 24.3. The molecule has 310 valence electrons. The van der Waals surface area contributed by atoms with Crippen molar-refractivity contribution in [2.75, 3.05) is 14.2 Å². The van der Waals surface area contributed by atoms with E-state index in [4.69, 9.17) is 28.4 Å². The van der Waals surface area contributed by atoms with Gasteiger partial charge in [-0.15, -0.1) is 0 Å². The smallest absolute Gasteiger partial charge is 0.311 e. The summed E-state index contributed by atoms with van der Waals surface area (Å²) in [6.07, 6.45) is -11.7. The summed E-state index contributed by atoms with van der Waals surface area (Å²) in [7, 11) is 3.05. The van der Waals surface area contributed by atoms with Crippen molar-refractivity contribution in [1.82, 2.24) is 4.90 Å². The molecule has 3 heterocycles. The molecule has 3 aliphatic heterocycles. The molecule has 3 saturated heterocycles. The molecule has 0 bridgehead atoms. The Kier molecular flexibility index (Phi) is 15.4. The van der Waals surface area contributed by atoms with Crippen molar-refractivity contribution in [3.05, 3.63) is 0 Å². The number of amides is 1. The van der Waals surface area contributed by atoms with E-state index in [2.05, 4.69) is 0 Å². The first-order valence-electron chi connectivity index (χ1n) is 19.1. The van der Waals surface area contributed by atoms with E-state index in [0.717, 1.165) is 0 Å². The van der Waals surface area contributed by atoms with Crippen molar-refractivity contribution < 1.29 is 68.6 Å². The van der Waals surface area contributed by atoms with Crippen molar-refractivity contribution in [2.24, 2.45) is 23.7 Å². The van der Waals surface area contributed by atoms with E-state index >= 15 is 0 Å². The molecule has 3 fully saturated rings. The number of aliphatic hydroxyl groups is 6. The zero-order chi connectivity index (χ0) is 40.5. The molecular weight excluding hydrogens is 694 g/mol. The third-order valence-electron chi connectivity index (χ3n) is 12.4. The van der Waals surface area contributed by atoms with Crippen LogP contribution in [0.15, 0.2) is 0 Å². The zero-order valence-electron chi connectivity index (χ0n) is 34.0. The fourth-order valence-electron chi connectivity index (χ4n) is 8.69. The van der Waals surface area contributed by atoms with Crippen LogP contribution in [0.5, 0.6) is 0 Å². The van der Waals surface area contributed by atoms with Gasteiger partial charge in [-0.05, 0) is 66.7 Å². The first-order valence-corrected chi connectivity index (χ1v) is 19.1. The average Bonchev–Trinajstić information content (AvgIpc) is 3.08. The molecule has 0 aromatic heterocycles. The molecule has 0 saturated carbocycles. The molecule has 53 heavy (non-hydrogen) atoms. The normalized spacial score (nSPS) is 49.5. The maximum atomic E-state index is 14.1. The van der Waals surface area contributed by atoms with Gasteiger partial charge >= 0.3 is 5.97 Å². The number of aliphatic hydroxyl groups excluding tert-OH is 4. The molecular formula is C38H69NO14. The summed E-state index contributed by atoms with van der Waals surface area (Å²) in [5, 5.41) is 69.5. The molecule has 6 N–H and O–H groups in total. The van der Waals surface area contributed by atoms with Crippen LogP contribution in [0.4, 0.5) is 0 Å². The molecule has 3 aliphatic rings. The second-order valence-corrected chi connectivity index (χ2v) is 16.9. The lowest BCUT2D eigenvalue weighted by Crippen LogP contribution is -2.61. The number of carbonyl (C=O) groups is 2. The van der Waals surface area contributed by atoms with E-state index in [-0.39, 0.29) is 25.2 Å². The maximum Gasteiger partial charge on any atom is 0.311 e. The van der Waals surface area contributed by atoms with E-state index in [9.17, 15) is 40.2 Å². The first kappa shape index (κ1) is 45.9. The van der Waals surface area contributed by atoms with Gasteiger partial charge in [0.05, 0.1) is 59.8 Å². The minimum Gasteiger partial charge on any atom is -0.459 e.